The summed E-state index contributed by atoms with van der Waals surface area (Å²) in [5.41, 5.74) is -0.0694. The topological polar surface area (TPSA) is 85.2 Å². The number of carbonyl (C=O) groups excluding carboxylic acids is 1. The third kappa shape index (κ3) is 4.66. The molecule has 1 aliphatic heterocycles. The average Bonchev–Trinajstić information content (AvgIpc) is 2.53. The first-order valence-electron chi connectivity index (χ1n) is 7.87. The molecule has 1 heterocycles. The molecule has 1 amide bonds. The van der Waals surface area contributed by atoms with E-state index in [1.165, 1.54) is 13.2 Å². The molecule has 25 heavy (non-hydrogen) atoms. The smallest absolute Gasteiger partial charge is 0.410 e. The Hall–Kier alpha value is -2.22. The van der Waals surface area contributed by atoms with Crippen LogP contribution in [0.2, 0.25) is 5.02 Å². The van der Waals surface area contributed by atoms with Gasteiger partial charge < -0.3 is 19.3 Å². The van der Waals surface area contributed by atoms with Crippen molar-refractivity contribution in [3.8, 4) is 5.75 Å². The number of hydrogen-bond donors (Lipinski definition) is 0. The van der Waals surface area contributed by atoms with Gasteiger partial charge in [0.15, 0.2) is 5.75 Å². The Balaban J connectivity index is 2.10. The summed E-state index contributed by atoms with van der Waals surface area (Å²) in [5.74, 6) is 0.152. The molecule has 0 saturated carbocycles. The van der Waals surface area contributed by atoms with Gasteiger partial charge in [-0.2, -0.15) is 0 Å². The molecule has 0 radical (unpaired) electrons. The normalized spacial score (nSPS) is 15.1. The lowest BCUT2D eigenvalue weighted by atomic mass is 10.2. The van der Waals surface area contributed by atoms with E-state index in [0.29, 0.717) is 31.9 Å². The third-order valence-corrected chi connectivity index (χ3v) is 4.02. The Labute approximate surface area is 151 Å². The van der Waals surface area contributed by atoms with E-state index in [4.69, 9.17) is 21.1 Å². The summed E-state index contributed by atoms with van der Waals surface area (Å²) in [6, 6.07) is 2.85. The highest BCUT2D eigenvalue weighted by Crippen LogP contribution is 2.38. The number of anilines is 1. The van der Waals surface area contributed by atoms with E-state index in [1.54, 1.807) is 11.0 Å². The van der Waals surface area contributed by atoms with Crippen molar-refractivity contribution < 1.29 is 19.2 Å². The zero-order valence-electron chi connectivity index (χ0n) is 14.7. The van der Waals surface area contributed by atoms with Gasteiger partial charge >= 0.3 is 11.8 Å². The molecule has 0 aliphatic carbocycles. The summed E-state index contributed by atoms with van der Waals surface area (Å²) < 4.78 is 10.5. The highest BCUT2D eigenvalue weighted by atomic mass is 35.5. The largest absolute Gasteiger partial charge is 0.490 e. The first-order valence-corrected chi connectivity index (χ1v) is 8.25. The number of benzene rings is 1. The molecule has 138 valence electrons. The molecule has 0 bridgehead atoms. The lowest BCUT2D eigenvalue weighted by Crippen LogP contribution is -2.50. The number of methoxy groups -OCH3 is 1. The fourth-order valence-corrected chi connectivity index (χ4v) is 2.81. The van der Waals surface area contributed by atoms with E-state index in [-0.39, 0.29) is 22.6 Å². The molecule has 0 atom stereocenters. The van der Waals surface area contributed by atoms with Crippen LogP contribution in [0.5, 0.6) is 5.75 Å². The number of nitrogens with zero attached hydrogens (tertiary/aromatic N) is 3. The average molecular weight is 372 g/mol. The maximum absolute atomic E-state index is 12.1. The van der Waals surface area contributed by atoms with Crippen molar-refractivity contribution in [2.75, 3.05) is 38.2 Å². The second kappa shape index (κ2) is 7.35. The highest BCUT2D eigenvalue weighted by Gasteiger charge is 2.28. The lowest BCUT2D eigenvalue weighted by molar-refractivity contribution is -0.385. The van der Waals surface area contributed by atoms with Crippen molar-refractivity contribution in [1.82, 2.24) is 4.90 Å². The fraction of sp³-hybridized carbons (Fsp3) is 0.562. The molecule has 8 nitrogen and oxygen atoms in total. The summed E-state index contributed by atoms with van der Waals surface area (Å²) in [6.07, 6.45) is -0.348. The molecule has 1 aliphatic rings. The van der Waals surface area contributed by atoms with Gasteiger partial charge in [0.2, 0.25) is 0 Å². The summed E-state index contributed by atoms with van der Waals surface area (Å²) in [7, 11) is 1.38. The number of hydrogen-bond acceptors (Lipinski definition) is 6. The van der Waals surface area contributed by atoms with Crippen LogP contribution in [0.4, 0.5) is 16.2 Å². The van der Waals surface area contributed by atoms with Gasteiger partial charge in [-0.3, -0.25) is 10.1 Å². The first-order chi connectivity index (χ1) is 11.6. The van der Waals surface area contributed by atoms with Crippen LogP contribution in [0.1, 0.15) is 20.8 Å². The number of nitro groups is 1. The second-order valence-electron chi connectivity index (χ2n) is 6.69. The van der Waals surface area contributed by atoms with Gasteiger partial charge in [-0.1, -0.05) is 11.6 Å². The van der Waals surface area contributed by atoms with Crippen LogP contribution in [-0.2, 0) is 4.74 Å². The van der Waals surface area contributed by atoms with Crippen molar-refractivity contribution in [2.45, 2.75) is 26.4 Å². The molecule has 1 aromatic carbocycles. The molecule has 1 saturated heterocycles. The Morgan fingerprint density at radius 1 is 1.24 bits per heavy atom. The summed E-state index contributed by atoms with van der Waals surface area (Å²) >= 11 is 6.21. The molecular formula is C16H22ClN3O5. The van der Waals surface area contributed by atoms with Gasteiger partial charge in [0.1, 0.15) is 5.60 Å². The Morgan fingerprint density at radius 3 is 2.32 bits per heavy atom. The molecule has 0 N–H and O–H groups in total. The van der Waals surface area contributed by atoms with Gasteiger partial charge in [-0.15, -0.1) is 0 Å². The van der Waals surface area contributed by atoms with Crippen molar-refractivity contribution in [2.24, 2.45) is 0 Å². The van der Waals surface area contributed by atoms with Crippen molar-refractivity contribution in [1.29, 1.82) is 0 Å². The van der Waals surface area contributed by atoms with Crippen LogP contribution in [0, 0.1) is 10.1 Å². The summed E-state index contributed by atoms with van der Waals surface area (Å²) in [4.78, 5) is 26.2. The van der Waals surface area contributed by atoms with E-state index in [0.717, 1.165) is 0 Å². The maximum atomic E-state index is 12.1. The van der Waals surface area contributed by atoms with Gasteiger partial charge in [-0.05, 0) is 20.8 Å². The third-order valence-electron chi connectivity index (χ3n) is 3.72. The van der Waals surface area contributed by atoms with Crippen LogP contribution in [0.25, 0.3) is 0 Å². The molecule has 2 rings (SSSR count). The number of nitro benzene ring substituents is 1. The number of amides is 1. The van der Waals surface area contributed by atoms with E-state index in [2.05, 4.69) is 0 Å². The summed E-state index contributed by atoms with van der Waals surface area (Å²) in [5, 5.41) is 11.3. The second-order valence-corrected chi connectivity index (χ2v) is 7.09. The minimum Gasteiger partial charge on any atom is -0.490 e. The Morgan fingerprint density at radius 2 is 1.84 bits per heavy atom. The highest BCUT2D eigenvalue weighted by molar-refractivity contribution is 6.33. The standard InChI is InChI=1S/C16H22ClN3O5/c1-16(2,3)25-15(21)19-7-5-18(6-8-19)12-10-14(24-4)13(20(22)23)9-11(12)17/h9-10H,5-8H2,1-4H3. The lowest BCUT2D eigenvalue weighted by Gasteiger charge is -2.37. The molecule has 0 spiro atoms. The number of halogens is 1. The van der Waals surface area contributed by atoms with Crippen molar-refractivity contribution in [3.63, 3.8) is 0 Å². The number of piperazine rings is 1. The van der Waals surface area contributed by atoms with Crippen LogP contribution in [0.3, 0.4) is 0 Å². The van der Waals surface area contributed by atoms with Crippen LogP contribution in [-0.4, -0.2) is 54.8 Å². The van der Waals surface area contributed by atoms with Crippen LogP contribution >= 0.6 is 11.6 Å². The van der Waals surface area contributed by atoms with E-state index in [1.807, 2.05) is 25.7 Å². The maximum Gasteiger partial charge on any atom is 0.410 e. The molecule has 9 heteroatoms. The van der Waals surface area contributed by atoms with Crippen molar-refractivity contribution >= 4 is 29.1 Å². The number of rotatable bonds is 3. The van der Waals surface area contributed by atoms with E-state index >= 15 is 0 Å². The SMILES string of the molecule is COc1cc(N2CCN(C(=O)OC(C)(C)C)CC2)c(Cl)cc1[N+](=O)[O-]. The zero-order chi connectivity index (χ0) is 18.8. The Bertz CT molecular complexity index is 666. The Kier molecular flexibility index (Phi) is 5.62. The molecule has 1 fully saturated rings. The van der Waals surface area contributed by atoms with Gasteiger partial charge in [0.05, 0.1) is 22.7 Å². The molecular weight excluding hydrogens is 350 g/mol. The first kappa shape index (κ1) is 19.1. The van der Waals surface area contributed by atoms with Crippen LogP contribution in [0.15, 0.2) is 12.1 Å². The van der Waals surface area contributed by atoms with Gasteiger partial charge in [-0.25, -0.2) is 4.79 Å². The van der Waals surface area contributed by atoms with Crippen LogP contribution < -0.4 is 9.64 Å². The quantitative estimate of drug-likeness (QED) is 0.598. The predicted molar refractivity (Wildman–Crippen MR) is 94.7 cm³/mol. The number of ether oxygens (including phenoxy) is 2. The zero-order valence-corrected chi connectivity index (χ0v) is 15.5. The fourth-order valence-electron chi connectivity index (χ4n) is 2.54. The molecule has 0 aromatic heterocycles. The van der Waals surface area contributed by atoms with E-state index in [9.17, 15) is 14.9 Å². The van der Waals surface area contributed by atoms with Gasteiger partial charge in [0, 0.05) is 38.3 Å². The minimum absolute atomic E-state index is 0.152. The molecule has 1 aromatic rings. The van der Waals surface area contributed by atoms with Crippen molar-refractivity contribution in [3.05, 3.63) is 27.3 Å². The molecule has 0 unspecified atom stereocenters. The summed E-state index contributed by atoms with van der Waals surface area (Å²) in [6.45, 7) is 7.51. The van der Waals surface area contributed by atoms with Gasteiger partial charge in [0.25, 0.3) is 0 Å². The predicted octanol–water partition coefficient (Wildman–Crippen LogP) is 3.31. The van der Waals surface area contributed by atoms with E-state index < -0.39 is 10.5 Å². The monoisotopic (exact) mass is 371 g/mol. The minimum atomic E-state index is -0.538. The number of carbonyl (C=O) groups is 1.